The van der Waals surface area contributed by atoms with Crippen molar-refractivity contribution in [2.75, 3.05) is 6.61 Å². The molecule has 0 saturated carbocycles. The molecule has 0 fully saturated rings. The Morgan fingerprint density at radius 3 is 2.04 bits per heavy atom. The summed E-state index contributed by atoms with van der Waals surface area (Å²) in [7, 11) is 0. The van der Waals surface area contributed by atoms with Crippen molar-refractivity contribution in [1.29, 1.82) is 0 Å². The summed E-state index contributed by atoms with van der Waals surface area (Å²) in [5.74, 6) is -1.55. The highest BCUT2D eigenvalue weighted by Crippen LogP contribution is 2.21. The van der Waals surface area contributed by atoms with Gasteiger partial charge in [0, 0.05) is 6.20 Å². The summed E-state index contributed by atoms with van der Waals surface area (Å²) >= 11 is 0. The van der Waals surface area contributed by atoms with Crippen molar-refractivity contribution >= 4 is 11.9 Å². The third kappa shape index (κ3) is 4.61. The molecule has 1 amide bonds. The minimum absolute atomic E-state index is 0.393. The molecule has 3 rings (SSSR count). The zero-order valence-corrected chi connectivity index (χ0v) is 14.7. The second-order valence-corrected chi connectivity index (χ2v) is 5.88. The van der Waals surface area contributed by atoms with E-state index in [1.165, 1.54) is 0 Å². The molecule has 0 aliphatic carbocycles. The highest BCUT2D eigenvalue weighted by atomic mass is 16.5. The van der Waals surface area contributed by atoms with Crippen LogP contribution in [0.25, 0.3) is 0 Å². The van der Waals surface area contributed by atoms with Gasteiger partial charge in [0.05, 0.1) is 6.04 Å². The molecule has 3 aromatic rings. The Kier molecular flexibility index (Phi) is 5.81. The van der Waals surface area contributed by atoms with Gasteiger partial charge in [-0.3, -0.25) is 14.6 Å². The number of hydrogen-bond acceptors (Lipinski definition) is 5. The smallest absolute Gasteiger partial charge is 0.345 e. The first-order chi connectivity index (χ1) is 13.5. The third-order valence-corrected chi connectivity index (χ3v) is 3.94. The van der Waals surface area contributed by atoms with E-state index in [0.29, 0.717) is 0 Å². The van der Waals surface area contributed by atoms with Crippen LogP contribution in [0.4, 0.5) is 0 Å². The summed E-state index contributed by atoms with van der Waals surface area (Å²) in [6, 6.07) is 18.3. The molecule has 8 nitrogen and oxygen atoms in total. The van der Waals surface area contributed by atoms with E-state index in [9.17, 15) is 19.2 Å². The molecule has 1 heterocycles. The van der Waals surface area contributed by atoms with Crippen LogP contribution in [0.2, 0.25) is 0 Å². The Balaban J connectivity index is 1.70. The molecule has 1 aromatic heterocycles. The maximum Gasteiger partial charge on any atom is 0.345 e. The molecule has 0 bridgehead atoms. The lowest BCUT2D eigenvalue weighted by Gasteiger charge is -2.19. The van der Waals surface area contributed by atoms with Gasteiger partial charge in [-0.25, -0.2) is 9.59 Å². The van der Waals surface area contributed by atoms with Crippen LogP contribution < -0.4 is 16.6 Å². The molecule has 3 N–H and O–H groups in total. The number of aromatic amines is 2. The zero-order chi connectivity index (χ0) is 19.9. The molecule has 0 aliphatic rings. The Bertz CT molecular complexity index is 1030. The molecule has 142 valence electrons. The highest BCUT2D eigenvalue weighted by molar-refractivity contribution is 5.90. The van der Waals surface area contributed by atoms with Gasteiger partial charge in [-0.1, -0.05) is 60.7 Å². The summed E-state index contributed by atoms with van der Waals surface area (Å²) in [5, 5.41) is 2.82. The van der Waals surface area contributed by atoms with Gasteiger partial charge in [-0.2, -0.15) is 0 Å². The Hall–Kier alpha value is -3.94. The van der Waals surface area contributed by atoms with E-state index in [1.807, 2.05) is 65.6 Å². The fourth-order valence-electron chi connectivity index (χ4n) is 2.62. The SMILES string of the molecule is O=C(COC(=O)c1c[nH]c(=O)[nH]c1=O)NC(c1ccccc1)c1ccccc1. The number of amides is 1. The highest BCUT2D eigenvalue weighted by Gasteiger charge is 2.19. The van der Waals surface area contributed by atoms with Crippen LogP contribution in [0.5, 0.6) is 0 Å². The number of H-pyrrole nitrogens is 2. The van der Waals surface area contributed by atoms with E-state index in [-0.39, 0.29) is 0 Å². The van der Waals surface area contributed by atoms with Gasteiger partial charge in [0.25, 0.3) is 11.5 Å². The van der Waals surface area contributed by atoms with E-state index in [0.717, 1.165) is 17.3 Å². The standard InChI is InChI=1S/C20H17N3O5/c24-16(12-28-19(26)15-11-21-20(27)23-18(15)25)22-17(13-7-3-1-4-8-13)14-9-5-2-6-10-14/h1-11,17H,12H2,(H,22,24)(H2,21,23,25,27). The number of carbonyl (C=O) groups is 2. The molecule has 2 aromatic carbocycles. The van der Waals surface area contributed by atoms with E-state index >= 15 is 0 Å². The molecule has 28 heavy (non-hydrogen) atoms. The van der Waals surface area contributed by atoms with Crippen molar-refractivity contribution in [3.8, 4) is 0 Å². The van der Waals surface area contributed by atoms with Gasteiger partial charge in [0.15, 0.2) is 6.61 Å². The van der Waals surface area contributed by atoms with Crippen molar-refractivity contribution in [2.45, 2.75) is 6.04 Å². The lowest BCUT2D eigenvalue weighted by molar-refractivity contribution is -0.124. The van der Waals surface area contributed by atoms with E-state index < -0.39 is 41.3 Å². The van der Waals surface area contributed by atoms with Crippen LogP contribution in [-0.4, -0.2) is 28.5 Å². The van der Waals surface area contributed by atoms with E-state index in [1.54, 1.807) is 0 Å². The Morgan fingerprint density at radius 2 is 1.50 bits per heavy atom. The predicted molar refractivity (Wildman–Crippen MR) is 101 cm³/mol. The minimum atomic E-state index is -1.01. The average Bonchev–Trinajstić information content (AvgIpc) is 2.71. The number of aromatic nitrogens is 2. The van der Waals surface area contributed by atoms with Crippen LogP contribution in [0.15, 0.2) is 76.4 Å². The maximum absolute atomic E-state index is 12.3. The van der Waals surface area contributed by atoms with Crippen LogP contribution in [-0.2, 0) is 9.53 Å². The predicted octanol–water partition coefficient (Wildman–Crippen LogP) is 1.13. The van der Waals surface area contributed by atoms with Crippen LogP contribution in [0, 0.1) is 0 Å². The molecule has 0 radical (unpaired) electrons. The average molecular weight is 379 g/mol. The fraction of sp³-hybridized carbons (Fsp3) is 0.100. The lowest BCUT2D eigenvalue weighted by Crippen LogP contribution is -2.34. The van der Waals surface area contributed by atoms with Gasteiger partial charge < -0.3 is 15.0 Å². The maximum atomic E-state index is 12.3. The number of hydrogen-bond donors (Lipinski definition) is 3. The van der Waals surface area contributed by atoms with Crippen molar-refractivity contribution in [2.24, 2.45) is 0 Å². The number of benzene rings is 2. The molecule has 0 spiro atoms. The van der Waals surface area contributed by atoms with Crippen LogP contribution in [0.3, 0.4) is 0 Å². The first-order valence-electron chi connectivity index (χ1n) is 8.43. The third-order valence-electron chi connectivity index (χ3n) is 3.94. The first kappa shape index (κ1) is 18.8. The van der Waals surface area contributed by atoms with Gasteiger partial charge in [0.1, 0.15) is 5.56 Å². The van der Waals surface area contributed by atoms with Crippen LogP contribution in [0.1, 0.15) is 27.5 Å². The number of nitrogens with one attached hydrogen (secondary N) is 3. The first-order valence-corrected chi connectivity index (χ1v) is 8.43. The lowest BCUT2D eigenvalue weighted by atomic mass is 9.99. The monoisotopic (exact) mass is 379 g/mol. The number of esters is 1. The van der Waals surface area contributed by atoms with E-state index in [4.69, 9.17) is 4.74 Å². The van der Waals surface area contributed by atoms with Crippen molar-refractivity contribution < 1.29 is 14.3 Å². The summed E-state index contributed by atoms with van der Waals surface area (Å²) < 4.78 is 4.89. The fourth-order valence-corrected chi connectivity index (χ4v) is 2.62. The largest absolute Gasteiger partial charge is 0.452 e. The second kappa shape index (κ2) is 8.63. The number of rotatable bonds is 6. The molecule has 0 atom stereocenters. The summed E-state index contributed by atoms with van der Waals surface area (Å²) in [4.78, 5) is 51.0. The molecule has 0 aliphatic heterocycles. The van der Waals surface area contributed by atoms with Gasteiger partial charge >= 0.3 is 11.7 Å². The minimum Gasteiger partial charge on any atom is -0.452 e. The number of ether oxygens (including phenoxy) is 1. The van der Waals surface area contributed by atoms with E-state index in [2.05, 4.69) is 10.3 Å². The van der Waals surface area contributed by atoms with Gasteiger partial charge in [-0.05, 0) is 11.1 Å². The van der Waals surface area contributed by atoms with Gasteiger partial charge in [-0.15, -0.1) is 0 Å². The zero-order valence-electron chi connectivity index (χ0n) is 14.7. The van der Waals surface area contributed by atoms with Crippen molar-refractivity contribution in [3.05, 3.63) is 104 Å². The topological polar surface area (TPSA) is 121 Å². The normalized spacial score (nSPS) is 10.5. The summed E-state index contributed by atoms with van der Waals surface area (Å²) in [5.41, 5.74) is -0.292. The van der Waals surface area contributed by atoms with Crippen molar-refractivity contribution in [3.63, 3.8) is 0 Å². The molecular formula is C20H17N3O5. The molecular weight excluding hydrogens is 362 g/mol. The summed E-state index contributed by atoms with van der Waals surface area (Å²) in [6.07, 6.45) is 0.943. The molecule has 8 heteroatoms. The second-order valence-electron chi connectivity index (χ2n) is 5.88. The van der Waals surface area contributed by atoms with Crippen molar-refractivity contribution in [1.82, 2.24) is 15.3 Å². The Labute approximate surface area is 159 Å². The molecule has 0 unspecified atom stereocenters. The van der Waals surface area contributed by atoms with Gasteiger partial charge in [0.2, 0.25) is 0 Å². The van der Waals surface area contributed by atoms with Crippen LogP contribution >= 0.6 is 0 Å². The Morgan fingerprint density at radius 1 is 0.929 bits per heavy atom. The molecule has 0 saturated heterocycles. The summed E-state index contributed by atoms with van der Waals surface area (Å²) in [6.45, 7) is -0.576. The quantitative estimate of drug-likeness (QED) is 0.554. The number of carbonyl (C=O) groups excluding carboxylic acids is 2.